The zero-order valence-corrected chi connectivity index (χ0v) is 38.1. The van der Waals surface area contributed by atoms with Gasteiger partial charge in [-0.2, -0.15) is 0 Å². The fourth-order valence-corrected chi connectivity index (χ4v) is 7.51. The Labute approximate surface area is 348 Å². The van der Waals surface area contributed by atoms with Crippen molar-refractivity contribution in [2.45, 2.75) is 284 Å². The van der Waals surface area contributed by atoms with Crippen molar-refractivity contribution in [2.75, 3.05) is 13.2 Å². The van der Waals surface area contributed by atoms with Crippen LogP contribution in [0.5, 0.6) is 0 Å². The number of ether oxygens (including phenoxy) is 3. The van der Waals surface area contributed by atoms with E-state index in [-0.39, 0.29) is 31.1 Å². The zero-order chi connectivity index (χ0) is 41.0. The van der Waals surface area contributed by atoms with E-state index in [1.807, 2.05) is 0 Å². The highest BCUT2D eigenvalue weighted by Gasteiger charge is 2.19. The summed E-state index contributed by atoms with van der Waals surface area (Å²) in [6.07, 6.45) is 45.3. The van der Waals surface area contributed by atoms with Gasteiger partial charge < -0.3 is 14.2 Å². The van der Waals surface area contributed by atoms with Gasteiger partial charge in [0.15, 0.2) is 6.10 Å². The lowest BCUT2D eigenvalue weighted by molar-refractivity contribution is -0.167. The van der Waals surface area contributed by atoms with Crippen LogP contribution < -0.4 is 0 Å². The van der Waals surface area contributed by atoms with Crippen molar-refractivity contribution in [3.8, 4) is 0 Å². The first kappa shape index (κ1) is 54.4. The number of carbonyl (C=O) groups excluding carboxylic acids is 3. The van der Waals surface area contributed by atoms with Crippen LogP contribution >= 0.6 is 0 Å². The van der Waals surface area contributed by atoms with Crippen LogP contribution in [0.1, 0.15) is 278 Å². The summed E-state index contributed by atoms with van der Waals surface area (Å²) >= 11 is 0. The molecule has 0 saturated carbocycles. The molecule has 0 fully saturated rings. The van der Waals surface area contributed by atoms with Gasteiger partial charge in [0.1, 0.15) is 13.2 Å². The van der Waals surface area contributed by atoms with Crippen LogP contribution in [-0.4, -0.2) is 37.2 Å². The van der Waals surface area contributed by atoms with E-state index in [0.717, 1.165) is 63.7 Å². The Bertz CT molecular complexity index is 841. The fourth-order valence-electron chi connectivity index (χ4n) is 7.51. The number of esters is 3. The molecule has 0 aromatic carbocycles. The first-order valence-corrected chi connectivity index (χ1v) is 24.9. The Balaban J connectivity index is 4.24. The van der Waals surface area contributed by atoms with Gasteiger partial charge in [-0.25, -0.2) is 0 Å². The third-order valence-corrected chi connectivity index (χ3v) is 11.3. The molecule has 0 bridgehead atoms. The van der Waals surface area contributed by atoms with E-state index >= 15 is 0 Å². The van der Waals surface area contributed by atoms with Gasteiger partial charge in [-0.05, 0) is 25.2 Å². The van der Waals surface area contributed by atoms with Crippen LogP contribution in [0.2, 0.25) is 0 Å². The lowest BCUT2D eigenvalue weighted by atomic mass is 10.0. The van der Waals surface area contributed by atoms with E-state index in [0.29, 0.717) is 19.3 Å². The monoisotopic (exact) mass is 793 g/mol. The van der Waals surface area contributed by atoms with Gasteiger partial charge in [0.2, 0.25) is 0 Å². The minimum absolute atomic E-state index is 0.0639. The van der Waals surface area contributed by atoms with Gasteiger partial charge in [-0.15, -0.1) is 0 Å². The van der Waals surface area contributed by atoms with Crippen LogP contribution in [-0.2, 0) is 28.6 Å². The second-order valence-electron chi connectivity index (χ2n) is 17.6. The lowest BCUT2D eigenvalue weighted by Gasteiger charge is -2.18. The molecule has 1 atom stereocenters. The highest BCUT2D eigenvalue weighted by atomic mass is 16.6. The molecule has 6 heteroatoms. The Morgan fingerprint density at radius 1 is 0.339 bits per heavy atom. The number of unbranched alkanes of at least 4 members (excludes halogenated alkanes) is 32. The van der Waals surface area contributed by atoms with Crippen molar-refractivity contribution < 1.29 is 28.6 Å². The maximum atomic E-state index is 12.8. The lowest BCUT2D eigenvalue weighted by Crippen LogP contribution is -2.30. The van der Waals surface area contributed by atoms with E-state index in [4.69, 9.17) is 14.2 Å². The average molecular weight is 793 g/mol. The molecule has 0 aliphatic rings. The Morgan fingerprint density at radius 2 is 0.589 bits per heavy atom. The first-order chi connectivity index (χ1) is 27.4. The molecule has 0 unspecified atom stereocenters. The van der Waals surface area contributed by atoms with Crippen LogP contribution in [0.4, 0.5) is 0 Å². The summed E-state index contributed by atoms with van der Waals surface area (Å²) in [6.45, 7) is 8.97. The number of carbonyl (C=O) groups is 3. The van der Waals surface area contributed by atoms with E-state index in [1.54, 1.807) is 0 Å². The summed E-state index contributed by atoms with van der Waals surface area (Å²) in [7, 11) is 0. The highest BCUT2D eigenvalue weighted by molar-refractivity contribution is 5.71. The molecule has 56 heavy (non-hydrogen) atoms. The van der Waals surface area contributed by atoms with E-state index in [1.165, 1.54) is 173 Å². The van der Waals surface area contributed by atoms with Crippen molar-refractivity contribution in [2.24, 2.45) is 5.92 Å². The maximum Gasteiger partial charge on any atom is 0.306 e. The van der Waals surface area contributed by atoms with Gasteiger partial charge in [0.05, 0.1) is 0 Å². The molecule has 0 aromatic rings. The van der Waals surface area contributed by atoms with Gasteiger partial charge in [0, 0.05) is 19.3 Å². The summed E-state index contributed by atoms with van der Waals surface area (Å²) in [5.74, 6) is -0.0560. The van der Waals surface area contributed by atoms with E-state index in [2.05, 4.69) is 27.7 Å². The van der Waals surface area contributed by atoms with Gasteiger partial charge >= 0.3 is 17.9 Å². The van der Waals surface area contributed by atoms with Crippen LogP contribution in [0, 0.1) is 5.92 Å². The van der Waals surface area contributed by atoms with Crippen LogP contribution in [0.25, 0.3) is 0 Å². The molecule has 0 saturated heterocycles. The van der Waals surface area contributed by atoms with Crippen LogP contribution in [0.15, 0.2) is 0 Å². The standard InChI is InChI=1S/C50H96O6/c1-5-7-9-11-13-15-16-17-18-19-20-21-22-23-25-31-35-39-43-50(53)56-47(44-54-48(51)41-37-33-29-24-14-12-10-8-6-2)45-55-49(52)42-38-34-30-27-26-28-32-36-40-46(3)4/h46-47H,5-45H2,1-4H3/t47-/m1/s1. The third kappa shape index (κ3) is 43.5. The van der Waals surface area contributed by atoms with Gasteiger partial charge in [-0.3, -0.25) is 14.4 Å². The average Bonchev–Trinajstić information content (AvgIpc) is 3.18. The molecular formula is C50H96O6. The van der Waals surface area contributed by atoms with E-state index < -0.39 is 6.10 Å². The number of rotatable bonds is 45. The molecule has 0 amide bonds. The maximum absolute atomic E-state index is 12.8. The van der Waals surface area contributed by atoms with Gasteiger partial charge in [-0.1, -0.05) is 240 Å². The molecule has 0 spiro atoms. The van der Waals surface area contributed by atoms with Crippen molar-refractivity contribution in [1.82, 2.24) is 0 Å². The molecule has 0 rings (SSSR count). The second kappa shape index (κ2) is 44.5. The number of hydrogen-bond acceptors (Lipinski definition) is 6. The number of hydrogen-bond donors (Lipinski definition) is 0. The normalized spacial score (nSPS) is 11.9. The third-order valence-electron chi connectivity index (χ3n) is 11.3. The molecule has 0 heterocycles. The molecule has 0 aliphatic heterocycles. The summed E-state index contributed by atoms with van der Waals surface area (Å²) in [6, 6.07) is 0. The minimum Gasteiger partial charge on any atom is -0.462 e. The van der Waals surface area contributed by atoms with Crippen molar-refractivity contribution in [3.05, 3.63) is 0 Å². The Kier molecular flexibility index (Phi) is 43.2. The Hall–Kier alpha value is -1.59. The van der Waals surface area contributed by atoms with Crippen LogP contribution in [0.3, 0.4) is 0 Å². The molecule has 332 valence electrons. The molecule has 0 N–H and O–H groups in total. The SMILES string of the molecule is CCCCCCCCCCCCCCCCCCCCC(=O)O[C@H](COC(=O)CCCCCCCCCCC)COC(=O)CCCCCCCCCCC(C)C. The molecular weight excluding hydrogens is 697 g/mol. The second-order valence-corrected chi connectivity index (χ2v) is 17.6. The quantitative estimate of drug-likeness (QED) is 0.0347. The van der Waals surface area contributed by atoms with Crippen molar-refractivity contribution in [3.63, 3.8) is 0 Å². The first-order valence-electron chi connectivity index (χ1n) is 24.9. The molecule has 0 aromatic heterocycles. The Morgan fingerprint density at radius 3 is 0.875 bits per heavy atom. The van der Waals surface area contributed by atoms with Crippen molar-refractivity contribution in [1.29, 1.82) is 0 Å². The van der Waals surface area contributed by atoms with Gasteiger partial charge in [0.25, 0.3) is 0 Å². The molecule has 6 nitrogen and oxygen atoms in total. The van der Waals surface area contributed by atoms with E-state index in [9.17, 15) is 14.4 Å². The minimum atomic E-state index is -0.759. The fraction of sp³-hybridized carbons (Fsp3) is 0.940. The van der Waals surface area contributed by atoms with Crippen molar-refractivity contribution >= 4 is 17.9 Å². The topological polar surface area (TPSA) is 78.9 Å². The zero-order valence-electron chi connectivity index (χ0n) is 38.1. The predicted molar refractivity (Wildman–Crippen MR) is 238 cm³/mol. The largest absolute Gasteiger partial charge is 0.462 e. The smallest absolute Gasteiger partial charge is 0.306 e. The summed E-state index contributed by atoms with van der Waals surface area (Å²) in [5.41, 5.74) is 0. The summed E-state index contributed by atoms with van der Waals surface area (Å²) in [4.78, 5) is 37.8. The molecule has 0 radical (unpaired) electrons. The highest BCUT2D eigenvalue weighted by Crippen LogP contribution is 2.17. The summed E-state index contributed by atoms with van der Waals surface area (Å²) in [5, 5.41) is 0. The predicted octanol–water partition coefficient (Wildman–Crippen LogP) is 15.9. The molecule has 0 aliphatic carbocycles. The summed E-state index contributed by atoms with van der Waals surface area (Å²) < 4.78 is 16.7.